The second-order valence-corrected chi connectivity index (χ2v) is 4.21. The largest absolute Gasteiger partial charge is 0.326 e. The Morgan fingerprint density at radius 2 is 1.76 bits per heavy atom. The lowest BCUT2D eigenvalue weighted by molar-refractivity contribution is -0.114. The molecule has 3 heteroatoms. The lowest BCUT2D eigenvalue weighted by Crippen LogP contribution is -2.05. The van der Waals surface area contributed by atoms with E-state index in [1.54, 1.807) is 0 Å². The molecule has 2 rings (SSSR count). The Kier molecular flexibility index (Phi) is 3.45. The van der Waals surface area contributed by atoms with Gasteiger partial charge >= 0.3 is 0 Å². The van der Waals surface area contributed by atoms with Gasteiger partial charge in [0.1, 0.15) is 0 Å². The Labute approximate surface area is 105 Å². The summed E-state index contributed by atoms with van der Waals surface area (Å²) in [5.74, 6) is -0.0690. The molecule has 0 aliphatic heterocycles. The van der Waals surface area contributed by atoms with Gasteiger partial charge in [-0.05, 0) is 35.4 Å². The fourth-order valence-corrected chi connectivity index (χ4v) is 1.81. The van der Waals surface area contributed by atoms with Crippen LogP contribution < -0.4 is 5.32 Å². The van der Waals surface area contributed by atoms with E-state index >= 15 is 0 Å². The first-order valence-electron chi connectivity index (χ1n) is 5.29. The van der Waals surface area contributed by atoms with Gasteiger partial charge in [-0.1, -0.05) is 35.9 Å². The normalized spacial score (nSPS) is 10.0. The van der Waals surface area contributed by atoms with E-state index in [0.717, 1.165) is 16.8 Å². The summed E-state index contributed by atoms with van der Waals surface area (Å²) in [5, 5.41) is 3.45. The van der Waals surface area contributed by atoms with Crippen LogP contribution in [0.15, 0.2) is 48.5 Å². The summed E-state index contributed by atoms with van der Waals surface area (Å²) in [6.45, 7) is 1.49. The summed E-state index contributed by atoms with van der Waals surface area (Å²) in [7, 11) is 0. The number of hydrogen-bond donors (Lipinski definition) is 1. The van der Waals surface area contributed by atoms with Gasteiger partial charge in [0.15, 0.2) is 0 Å². The zero-order valence-electron chi connectivity index (χ0n) is 9.41. The van der Waals surface area contributed by atoms with Crippen molar-refractivity contribution < 1.29 is 4.79 Å². The summed E-state index contributed by atoms with van der Waals surface area (Å²) in [5.41, 5.74) is 2.93. The lowest BCUT2D eigenvalue weighted by Gasteiger charge is -2.05. The smallest absolute Gasteiger partial charge is 0.221 e. The topological polar surface area (TPSA) is 29.1 Å². The molecule has 0 aromatic heterocycles. The molecule has 17 heavy (non-hydrogen) atoms. The molecule has 0 aliphatic carbocycles. The first kappa shape index (κ1) is 11.7. The third-order valence-corrected chi connectivity index (χ3v) is 2.60. The maximum absolute atomic E-state index is 10.9. The highest BCUT2D eigenvalue weighted by molar-refractivity contribution is 6.30. The second kappa shape index (κ2) is 5.02. The van der Waals surface area contributed by atoms with E-state index in [0.29, 0.717) is 5.02 Å². The van der Waals surface area contributed by atoms with Crippen LogP contribution in [0.25, 0.3) is 11.1 Å². The van der Waals surface area contributed by atoms with Crippen molar-refractivity contribution in [3.05, 3.63) is 53.6 Å². The van der Waals surface area contributed by atoms with Gasteiger partial charge in [-0.15, -0.1) is 0 Å². The monoisotopic (exact) mass is 245 g/mol. The van der Waals surface area contributed by atoms with Crippen LogP contribution >= 0.6 is 11.6 Å². The summed E-state index contributed by atoms with van der Waals surface area (Å²) in [4.78, 5) is 10.9. The van der Waals surface area contributed by atoms with Crippen LogP contribution in [0.5, 0.6) is 0 Å². The Morgan fingerprint density at radius 1 is 1.06 bits per heavy atom. The average molecular weight is 246 g/mol. The van der Waals surface area contributed by atoms with Gasteiger partial charge in [-0.25, -0.2) is 0 Å². The van der Waals surface area contributed by atoms with Crippen LogP contribution in [0.3, 0.4) is 0 Å². The standard InChI is InChI=1S/C14H12ClNO/c1-10(17)16-14-7-5-11(6-8-14)12-3-2-4-13(15)9-12/h2-9H,1H3,(H,16,17). The molecule has 0 heterocycles. The Bertz CT molecular complexity index is 534. The van der Waals surface area contributed by atoms with Gasteiger partial charge in [0.2, 0.25) is 5.91 Å². The SMILES string of the molecule is CC(=O)Nc1ccc(-c2cccc(Cl)c2)cc1. The molecular weight excluding hydrogens is 234 g/mol. The summed E-state index contributed by atoms with van der Waals surface area (Å²) >= 11 is 5.94. The van der Waals surface area contributed by atoms with Crippen molar-refractivity contribution in [2.75, 3.05) is 5.32 Å². The molecule has 0 atom stereocenters. The molecule has 0 spiro atoms. The average Bonchev–Trinajstić information content (AvgIpc) is 2.29. The quantitative estimate of drug-likeness (QED) is 0.852. The number of benzene rings is 2. The second-order valence-electron chi connectivity index (χ2n) is 3.77. The van der Waals surface area contributed by atoms with Crippen molar-refractivity contribution in [2.45, 2.75) is 6.92 Å². The van der Waals surface area contributed by atoms with Gasteiger partial charge in [-0.2, -0.15) is 0 Å². The molecule has 0 saturated carbocycles. The number of carbonyl (C=O) groups excluding carboxylic acids is 1. The number of carbonyl (C=O) groups is 1. The minimum atomic E-state index is -0.0690. The molecule has 0 unspecified atom stereocenters. The lowest BCUT2D eigenvalue weighted by atomic mass is 10.1. The minimum Gasteiger partial charge on any atom is -0.326 e. The van der Waals surface area contributed by atoms with E-state index in [4.69, 9.17) is 11.6 Å². The first-order valence-corrected chi connectivity index (χ1v) is 5.66. The molecule has 2 aromatic rings. The Balaban J connectivity index is 2.26. The molecule has 0 aliphatic rings. The van der Waals surface area contributed by atoms with E-state index in [2.05, 4.69) is 5.32 Å². The van der Waals surface area contributed by atoms with Crippen molar-refractivity contribution in [1.29, 1.82) is 0 Å². The van der Waals surface area contributed by atoms with E-state index in [-0.39, 0.29) is 5.91 Å². The third kappa shape index (κ3) is 3.08. The first-order chi connectivity index (χ1) is 8.15. The maximum atomic E-state index is 10.9. The van der Waals surface area contributed by atoms with Crippen molar-refractivity contribution in [3.63, 3.8) is 0 Å². The zero-order chi connectivity index (χ0) is 12.3. The zero-order valence-corrected chi connectivity index (χ0v) is 10.2. The van der Waals surface area contributed by atoms with E-state index in [1.807, 2.05) is 48.5 Å². The molecule has 2 aromatic carbocycles. The molecule has 0 radical (unpaired) electrons. The van der Waals surface area contributed by atoms with E-state index < -0.39 is 0 Å². The summed E-state index contributed by atoms with van der Waals surface area (Å²) in [6.07, 6.45) is 0. The minimum absolute atomic E-state index is 0.0690. The van der Waals surface area contributed by atoms with Crippen molar-refractivity contribution >= 4 is 23.2 Å². The fraction of sp³-hybridized carbons (Fsp3) is 0.0714. The van der Waals surface area contributed by atoms with Crippen LogP contribution in [0.1, 0.15) is 6.92 Å². The van der Waals surface area contributed by atoms with E-state index in [9.17, 15) is 4.79 Å². The van der Waals surface area contributed by atoms with Crippen molar-refractivity contribution in [1.82, 2.24) is 0 Å². The predicted molar refractivity (Wildman–Crippen MR) is 71.2 cm³/mol. The van der Waals surface area contributed by atoms with Crippen LogP contribution in [0.4, 0.5) is 5.69 Å². The van der Waals surface area contributed by atoms with E-state index in [1.165, 1.54) is 6.92 Å². The number of amides is 1. The fourth-order valence-electron chi connectivity index (χ4n) is 1.62. The van der Waals surface area contributed by atoms with Gasteiger partial charge < -0.3 is 5.32 Å². The predicted octanol–water partition coefficient (Wildman–Crippen LogP) is 3.97. The summed E-state index contributed by atoms with van der Waals surface area (Å²) < 4.78 is 0. The van der Waals surface area contributed by atoms with Gasteiger partial charge in [0.25, 0.3) is 0 Å². The van der Waals surface area contributed by atoms with Crippen molar-refractivity contribution in [2.24, 2.45) is 0 Å². The molecule has 2 nitrogen and oxygen atoms in total. The number of hydrogen-bond acceptors (Lipinski definition) is 1. The van der Waals surface area contributed by atoms with Gasteiger partial charge in [0, 0.05) is 17.6 Å². The van der Waals surface area contributed by atoms with Crippen LogP contribution in [-0.4, -0.2) is 5.91 Å². The number of rotatable bonds is 2. The highest BCUT2D eigenvalue weighted by atomic mass is 35.5. The highest BCUT2D eigenvalue weighted by Crippen LogP contribution is 2.23. The Hall–Kier alpha value is -1.80. The van der Waals surface area contributed by atoms with Gasteiger partial charge in [0.05, 0.1) is 0 Å². The number of anilines is 1. The molecule has 0 saturated heterocycles. The number of halogens is 1. The number of nitrogens with one attached hydrogen (secondary N) is 1. The molecule has 0 fully saturated rings. The Morgan fingerprint density at radius 3 is 2.35 bits per heavy atom. The van der Waals surface area contributed by atoms with Crippen LogP contribution in [0.2, 0.25) is 5.02 Å². The molecule has 86 valence electrons. The summed E-state index contributed by atoms with van der Waals surface area (Å²) in [6, 6.07) is 15.3. The van der Waals surface area contributed by atoms with Crippen molar-refractivity contribution in [3.8, 4) is 11.1 Å². The molecular formula is C14H12ClNO. The molecule has 1 N–H and O–H groups in total. The molecule has 0 bridgehead atoms. The van der Waals surface area contributed by atoms with Crippen LogP contribution in [0, 0.1) is 0 Å². The highest BCUT2D eigenvalue weighted by Gasteiger charge is 1.99. The maximum Gasteiger partial charge on any atom is 0.221 e. The molecule has 1 amide bonds. The van der Waals surface area contributed by atoms with Crippen LogP contribution in [-0.2, 0) is 4.79 Å². The van der Waals surface area contributed by atoms with Gasteiger partial charge in [-0.3, -0.25) is 4.79 Å². The third-order valence-electron chi connectivity index (χ3n) is 2.36.